The van der Waals surface area contributed by atoms with Crippen LogP contribution >= 0.6 is 0 Å². The molecule has 1 aliphatic heterocycles. The molecule has 2 rings (SSSR count). The summed E-state index contributed by atoms with van der Waals surface area (Å²) in [4.78, 5) is 14.3. The van der Waals surface area contributed by atoms with Gasteiger partial charge >= 0.3 is 0 Å². The molecule has 0 atom stereocenters. The maximum Gasteiger partial charge on any atom is 0.225 e. The van der Waals surface area contributed by atoms with Crippen molar-refractivity contribution in [3.63, 3.8) is 0 Å². The van der Waals surface area contributed by atoms with Gasteiger partial charge in [-0.05, 0) is 44.7 Å². The first-order valence-electron chi connectivity index (χ1n) is 7.23. The number of hydrogen-bond donors (Lipinski definition) is 1. The molecule has 1 aliphatic carbocycles. The summed E-state index contributed by atoms with van der Waals surface area (Å²) in [6.45, 7) is 3.21. The van der Waals surface area contributed by atoms with Gasteiger partial charge in [0.15, 0.2) is 0 Å². The highest BCUT2D eigenvalue weighted by Gasteiger charge is 2.25. The van der Waals surface area contributed by atoms with Crippen LogP contribution in [0.4, 0.5) is 0 Å². The summed E-state index contributed by atoms with van der Waals surface area (Å²) in [7, 11) is 2.00. The molecule has 0 aromatic rings. The van der Waals surface area contributed by atoms with Crippen molar-refractivity contribution in [1.82, 2.24) is 10.2 Å². The van der Waals surface area contributed by atoms with Crippen molar-refractivity contribution in [2.45, 2.75) is 44.9 Å². The number of nitrogens with zero attached hydrogens (tertiary/aromatic N) is 1. The maximum atomic E-state index is 12.3. The van der Waals surface area contributed by atoms with Crippen LogP contribution in [0.15, 0.2) is 0 Å². The molecular formula is C14H26N2O. The molecular weight excluding hydrogens is 212 g/mol. The van der Waals surface area contributed by atoms with Crippen molar-refractivity contribution in [3.8, 4) is 0 Å². The van der Waals surface area contributed by atoms with Gasteiger partial charge in [-0.1, -0.05) is 19.3 Å². The zero-order valence-electron chi connectivity index (χ0n) is 11.1. The van der Waals surface area contributed by atoms with Crippen LogP contribution in [0.3, 0.4) is 0 Å². The van der Waals surface area contributed by atoms with Crippen molar-refractivity contribution in [2.75, 3.05) is 26.7 Å². The highest BCUT2D eigenvalue weighted by Crippen LogP contribution is 2.25. The number of piperidine rings is 1. The number of hydrogen-bond acceptors (Lipinski definition) is 2. The molecule has 0 aromatic heterocycles. The number of nitrogens with one attached hydrogen (secondary N) is 1. The fourth-order valence-electron chi connectivity index (χ4n) is 3.20. The van der Waals surface area contributed by atoms with Crippen molar-refractivity contribution in [2.24, 2.45) is 11.8 Å². The second-order valence-electron chi connectivity index (χ2n) is 5.75. The summed E-state index contributed by atoms with van der Waals surface area (Å²) in [6.07, 6.45) is 8.51. The summed E-state index contributed by atoms with van der Waals surface area (Å²) < 4.78 is 0. The smallest absolute Gasteiger partial charge is 0.225 e. The number of amides is 1. The maximum absolute atomic E-state index is 12.3. The quantitative estimate of drug-likeness (QED) is 0.816. The van der Waals surface area contributed by atoms with Crippen LogP contribution in [0.1, 0.15) is 44.9 Å². The van der Waals surface area contributed by atoms with Crippen molar-refractivity contribution in [1.29, 1.82) is 0 Å². The molecule has 3 nitrogen and oxygen atoms in total. The van der Waals surface area contributed by atoms with Gasteiger partial charge in [0.1, 0.15) is 0 Å². The van der Waals surface area contributed by atoms with Crippen LogP contribution < -0.4 is 5.32 Å². The van der Waals surface area contributed by atoms with Gasteiger partial charge < -0.3 is 10.2 Å². The van der Waals surface area contributed by atoms with Crippen LogP contribution in [0.2, 0.25) is 0 Å². The Bertz CT molecular complexity index is 243. The van der Waals surface area contributed by atoms with E-state index in [2.05, 4.69) is 5.32 Å². The molecule has 1 saturated carbocycles. The van der Waals surface area contributed by atoms with Gasteiger partial charge in [0.05, 0.1) is 0 Å². The Balaban J connectivity index is 1.77. The summed E-state index contributed by atoms with van der Waals surface area (Å²) in [5.41, 5.74) is 0. The molecule has 0 radical (unpaired) electrons. The van der Waals surface area contributed by atoms with Crippen LogP contribution in [-0.4, -0.2) is 37.5 Å². The van der Waals surface area contributed by atoms with Gasteiger partial charge in [-0.3, -0.25) is 4.79 Å². The van der Waals surface area contributed by atoms with Gasteiger partial charge in [0, 0.05) is 19.5 Å². The highest BCUT2D eigenvalue weighted by molar-refractivity contribution is 5.78. The molecule has 1 amide bonds. The molecule has 1 saturated heterocycles. The predicted molar refractivity (Wildman–Crippen MR) is 69.8 cm³/mol. The third kappa shape index (κ3) is 3.70. The Morgan fingerprint density at radius 1 is 1.12 bits per heavy atom. The molecule has 0 spiro atoms. The molecule has 0 unspecified atom stereocenters. The second-order valence-corrected chi connectivity index (χ2v) is 5.75. The van der Waals surface area contributed by atoms with Crippen molar-refractivity contribution >= 4 is 5.91 Å². The SMILES string of the molecule is CN(CC1CCNCC1)C(=O)C1CCCCC1. The average molecular weight is 238 g/mol. The van der Waals surface area contributed by atoms with E-state index in [1.807, 2.05) is 11.9 Å². The molecule has 17 heavy (non-hydrogen) atoms. The summed E-state index contributed by atoms with van der Waals surface area (Å²) in [6, 6.07) is 0. The Morgan fingerprint density at radius 3 is 2.41 bits per heavy atom. The zero-order valence-corrected chi connectivity index (χ0v) is 11.1. The van der Waals surface area contributed by atoms with Crippen LogP contribution in [-0.2, 0) is 4.79 Å². The summed E-state index contributed by atoms with van der Waals surface area (Å²) >= 11 is 0. The highest BCUT2D eigenvalue weighted by atomic mass is 16.2. The third-order valence-corrected chi connectivity index (χ3v) is 4.32. The molecule has 2 fully saturated rings. The second kappa shape index (κ2) is 6.39. The van der Waals surface area contributed by atoms with Crippen LogP contribution in [0, 0.1) is 11.8 Å². The molecule has 1 heterocycles. The summed E-state index contributed by atoms with van der Waals surface area (Å²) in [5.74, 6) is 1.45. The molecule has 0 bridgehead atoms. The number of carbonyl (C=O) groups excluding carboxylic acids is 1. The lowest BCUT2D eigenvalue weighted by Crippen LogP contribution is -2.40. The van der Waals surface area contributed by atoms with E-state index in [9.17, 15) is 4.79 Å². The van der Waals surface area contributed by atoms with Gasteiger partial charge in [-0.2, -0.15) is 0 Å². The lowest BCUT2D eigenvalue weighted by atomic mass is 9.88. The minimum atomic E-state index is 0.329. The molecule has 3 heteroatoms. The molecule has 98 valence electrons. The Hall–Kier alpha value is -0.570. The fourth-order valence-corrected chi connectivity index (χ4v) is 3.20. The van der Waals surface area contributed by atoms with Gasteiger partial charge in [-0.25, -0.2) is 0 Å². The fraction of sp³-hybridized carbons (Fsp3) is 0.929. The van der Waals surface area contributed by atoms with Gasteiger partial charge in [0.25, 0.3) is 0 Å². The molecule has 2 aliphatic rings. The monoisotopic (exact) mass is 238 g/mol. The largest absolute Gasteiger partial charge is 0.345 e. The number of rotatable bonds is 3. The van der Waals surface area contributed by atoms with E-state index in [-0.39, 0.29) is 0 Å². The van der Waals surface area contributed by atoms with E-state index in [0.29, 0.717) is 17.7 Å². The predicted octanol–water partition coefficient (Wildman–Crippen LogP) is 2.02. The first kappa shape index (κ1) is 12.9. The standard InChI is InChI=1S/C14H26N2O/c1-16(11-12-7-9-15-10-8-12)14(17)13-5-3-2-4-6-13/h12-13,15H,2-11H2,1H3. The van der Waals surface area contributed by atoms with E-state index in [1.54, 1.807) is 0 Å². The van der Waals surface area contributed by atoms with Gasteiger partial charge in [0.2, 0.25) is 5.91 Å². The normalized spacial score (nSPS) is 23.6. The van der Waals surface area contributed by atoms with E-state index >= 15 is 0 Å². The van der Waals surface area contributed by atoms with E-state index in [4.69, 9.17) is 0 Å². The average Bonchev–Trinajstić information content (AvgIpc) is 2.40. The van der Waals surface area contributed by atoms with E-state index in [0.717, 1.165) is 32.5 Å². The van der Waals surface area contributed by atoms with Gasteiger partial charge in [-0.15, -0.1) is 0 Å². The third-order valence-electron chi connectivity index (χ3n) is 4.32. The first-order chi connectivity index (χ1) is 8.27. The minimum absolute atomic E-state index is 0.329. The topological polar surface area (TPSA) is 32.3 Å². The molecule has 0 aromatic carbocycles. The van der Waals surface area contributed by atoms with E-state index in [1.165, 1.54) is 32.1 Å². The van der Waals surface area contributed by atoms with Crippen molar-refractivity contribution < 1.29 is 4.79 Å². The first-order valence-corrected chi connectivity index (χ1v) is 7.23. The molecule has 1 N–H and O–H groups in total. The van der Waals surface area contributed by atoms with Crippen LogP contribution in [0.5, 0.6) is 0 Å². The Morgan fingerprint density at radius 2 is 1.76 bits per heavy atom. The lowest BCUT2D eigenvalue weighted by molar-refractivity contribution is -0.135. The van der Waals surface area contributed by atoms with E-state index < -0.39 is 0 Å². The van der Waals surface area contributed by atoms with Crippen LogP contribution in [0.25, 0.3) is 0 Å². The lowest BCUT2D eigenvalue weighted by Gasteiger charge is -2.31. The van der Waals surface area contributed by atoms with Crippen molar-refractivity contribution in [3.05, 3.63) is 0 Å². The number of carbonyl (C=O) groups is 1. The Labute approximate surface area is 105 Å². The Kier molecular flexibility index (Phi) is 4.84. The summed E-state index contributed by atoms with van der Waals surface area (Å²) in [5, 5.41) is 3.38. The minimum Gasteiger partial charge on any atom is -0.345 e. The zero-order chi connectivity index (χ0) is 12.1.